The Bertz CT molecular complexity index is 440. The van der Waals surface area contributed by atoms with E-state index in [0.29, 0.717) is 0 Å². The second-order valence-electron chi connectivity index (χ2n) is 5.74. The van der Waals surface area contributed by atoms with E-state index in [1.807, 2.05) is 18.2 Å². The Balaban J connectivity index is 1.53. The molecular weight excluding hydrogens is 220 g/mol. The summed E-state index contributed by atoms with van der Waals surface area (Å²) in [5.74, 6) is 2.90. The van der Waals surface area contributed by atoms with E-state index in [9.17, 15) is 0 Å². The summed E-state index contributed by atoms with van der Waals surface area (Å²) in [5, 5.41) is 12.6. The van der Waals surface area contributed by atoms with E-state index < -0.39 is 0 Å². The van der Waals surface area contributed by atoms with Gasteiger partial charge in [-0.3, -0.25) is 0 Å². The van der Waals surface area contributed by atoms with Crippen LogP contribution in [-0.2, 0) is 6.54 Å². The van der Waals surface area contributed by atoms with Gasteiger partial charge in [0.2, 0.25) is 0 Å². The van der Waals surface area contributed by atoms with Crippen molar-refractivity contribution < 1.29 is 0 Å². The third-order valence-corrected chi connectivity index (χ3v) is 4.29. The molecule has 0 amide bonds. The number of nitrogens with one attached hydrogen (secondary N) is 1. The third-order valence-electron chi connectivity index (χ3n) is 4.29. The summed E-state index contributed by atoms with van der Waals surface area (Å²) in [6.45, 7) is 1.97. The van der Waals surface area contributed by atoms with E-state index in [4.69, 9.17) is 5.26 Å². The van der Waals surface area contributed by atoms with Crippen molar-refractivity contribution in [2.75, 3.05) is 6.54 Å². The molecule has 1 aromatic rings. The van der Waals surface area contributed by atoms with E-state index in [-0.39, 0.29) is 0 Å². The first-order valence-corrected chi connectivity index (χ1v) is 7.07. The van der Waals surface area contributed by atoms with Gasteiger partial charge in [0, 0.05) is 6.54 Å². The van der Waals surface area contributed by atoms with Crippen molar-refractivity contribution in [3.63, 3.8) is 0 Å². The summed E-state index contributed by atoms with van der Waals surface area (Å²) < 4.78 is 0. The number of hydrogen-bond donors (Lipinski definition) is 1. The monoisotopic (exact) mass is 240 g/mol. The van der Waals surface area contributed by atoms with Gasteiger partial charge in [0.1, 0.15) is 0 Å². The molecule has 2 saturated carbocycles. The van der Waals surface area contributed by atoms with Crippen molar-refractivity contribution in [1.82, 2.24) is 5.32 Å². The molecule has 3 rings (SSSR count). The van der Waals surface area contributed by atoms with Crippen LogP contribution in [0.4, 0.5) is 0 Å². The summed E-state index contributed by atoms with van der Waals surface area (Å²) >= 11 is 0. The van der Waals surface area contributed by atoms with Crippen LogP contribution in [0, 0.1) is 29.1 Å². The Labute approximate surface area is 109 Å². The van der Waals surface area contributed by atoms with E-state index in [0.717, 1.165) is 42.0 Å². The lowest BCUT2D eigenvalue weighted by molar-refractivity contribution is 0.378. The predicted octanol–water partition coefficient (Wildman–Crippen LogP) is 3.08. The number of hydrogen-bond acceptors (Lipinski definition) is 2. The van der Waals surface area contributed by atoms with Crippen LogP contribution in [0.5, 0.6) is 0 Å². The van der Waals surface area contributed by atoms with Gasteiger partial charge in [-0.25, -0.2) is 0 Å². The minimum atomic E-state index is 0.805. The summed E-state index contributed by atoms with van der Waals surface area (Å²) in [6, 6.07) is 10.2. The lowest BCUT2D eigenvalue weighted by Gasteiger charge is -2.16. The van der Waals surface area contributed by atoms with Crippen LogP contribution in [-0.4, -0.2) is 6.54 Å². The Morgan fingerprint density at radius 3 is 2.44 bits per heavy atom. The van der Waals surface area contributed by atoms with E-state index in [1.54, 1.807) is 0 Å². The van der Waals surface area contributed by atoms with Crippen LogP contribution in [0.1, 0.15) is 36.8 Å². The Morgan fingerprint density at radius 1 is 1.17 bits per heavy atom. The lowest BCUT2D eigenvalue weighted by Crippen LogP contribution is -2.25. The molecule has 0 aliphatic heterocycles. The van der Waals surface area contributed by atoms with Gasteiger partial charge in [-0.1, -0.05) is 18.2 Å². The average Bonchev–Trinajstić information content (AvgIpc) is 3.28. The first-order chi connectivity index (χ1) is 8.88. The topological polar surface area (TPSA) is 35.8 Å². The number of benzene rings is 1. The highest BCUT2D eigenvalue weighted by atomic mass is 14.9. The lowest BCUT2D eigenvalue weighted by atomic mass is 9.98. The normalized spacial score (nSPS) is 18.9. The van der Waals surface area contributed by atoms with Gasteiger partial charge in [-0.05, 0) is 61.6 Å². The molecule has 0 saturated heterocycles. The molecule has 0 unspecified atom stereocenters. The maximum Gasteiger partial charge on any atom is 0.0995 e. The van der Waals surface area contributed by atoms with Crippen molar-refractivity contribution in [3.8, 4) is 6.07 Å². The van der Waals surface area contributed by atoms with Gasteiger partial charge in [-0.15, -0.1) is 0 Å². The molecule has 2 aliphatic carbocycles. The van der Waals surface area contributed by atoms with Crippen molar-refractivity contribution >= 4 is 0 Å². The van der Waals surface area contributed by atoms with Crippen molar-refractivity contribution in [3.05, 3.63) is 35.4 Å². The Hall–Kier alpha value is -1.33. The zero-order chi connectivity index (χ0) is 12.4. The molecule has 1 aromatic carbocycles. The van der Waals surface area contributed by atoms with Crippen LogP contribution >= 0.6 is 0 Å². The molecule has 0 bridgehead atoms. The summed E-state index contributed by atoms with van der Waals surface area (Å²) in [6.07, 6.45) is 5.77. The van der Waals surface area contributed by atoms with Crippen LogP contribution < -0.4 is 5.32 Å². The van der Waals surface area contributed by atoms with Gasteiger partial charge in [-0.2, -0.15) is 5.26 Å². The maximum absolute atomic E-state index is 9.05. The molecular formula is C16H20N2. The average molecular weight is 240 g/mol. The van der Waals surface area contributed by atoms with Crippen molar-refractivity contribution in [1.29, 1.82) is 5.26 Å². The number of rotatable bonds is 6. The molecule has 2 heteroatoms. The van der Waals surface area contributed by atoms with E-state index in [2.05, 4.69) is 17.5 Å². The third kappa shape index (κ3) is 2.73. The largest absolute Gasteiger partial charge is 0.312 e. The number of nitrogens with zero attached hydrogens (tertiary/aromatic N) is 1. The fourth-order valence-corrected chi connectivity index (χ4v) is 2.92. The highest BCUT2D eigenvalue weighted by Gasteiger charge is 2.40. The minimum absolute atomic E-state index is 0.805. The molecule has 0 aromatic heterocycles. The van der Waals surface area contributed by atoms with E-state index in [1.165, 1.54) is 25.7 Å². The molecule has 1 N–H and O–H groups in total. The summed E-state index contributed by atoms with van der Waals surface area (Å²) in [4.78, 5) is 0. The number of nitriles is 1. The summed E-state index contributed by atoms with van der Waals surface area (Å²) in [5.41, 5.74) is 1.93. The molecule has 18 heavy (non-hydrogen) atoms. The zero-order valence-corrected chi connectivity index (χ0v) is 10.7. The molecule has 0 radical (unpaired) electrons. The van der Waals surface area contributed by atoms with Gasteiger partial charge in [0.05, 0.1) is 11.6 Å². The van der Waals surface area contributed by atoms with Gasteiger partial charge in [0.15, 0.2) is 0 Å². The van der Waals surface area contributed by atoms with E-state index >= 15 is 0 Å². The highest BCUT2D eigenvalue weighted by Crippen LogP contribution is 2.48. The second kappa shape index (κ2) is 5.12. The SMILES string of the molecule is N#Cc1ccccc1CNCC(C1CC1)C1CC1. The smallest absolute Gasteiger partial charge is 0.0995 e. The Kier molecular flexibility index (Phi) is 3.34. The van der Waals surface area contributed by atoms with Gasteiger partial charge < -0.3 is 5.32 Å². The van der Waals surface area contributed by atoms with Crippen molar-refractivity contribution in [2.24, 2.45) is 17.8 Å². The Morgan fingerprint density at radius 2 is 1.83 bits per heavy atom. The first-order valence-electron chi connectivity index (χ1n) is 7.07. The molecule has 0 spiro atoms. The quantitative estimate of drug-likeness (QED) is 0.829. The molecule has 2 fully saturated rings. The molecule has 0 atom stereocenters. The van der Waals surface area contributed by atoms with Gasteiger partial charge >= 0.3 is 0 Å². The summed E-state index contributed by atoms with van der Waals surface area (Å²) in [7, 11) is 0. The van der Waals surface area contributed by atoms with Crippen LogP contribution in [0.2, 0.25) is 0 Å². The van der Waals surface area contributed by atoms with Crippen LogP contribution in [0.25, 0.3) is 0 Å². The van der Waals surface area contributed by atoms with Crippen LogP contribution in [0.3, 0.4) is 0 Å². The molecule has 2 nitrogen and oxygen atoms in total. The fraction of sp³-hybridized carbons (Fsp3) is 0.562. The predicted molar refractivity (Wildman–Crippen MR) is 71.8 cm³/mol. The highest BCUT2D eigenvalue weighted by molar-refractivity contribution is 5.37. The van der Waals surface area contributed by atoms with Crippen LogP contribution in [0.15, 0.2) is 24.3 Å². The maximum atomic E-state index is 9.05. The second-order valence-corrected chi connectivity index (χ2v) is 5.74. The molecule has 2 aliphatic rings. The van der Waals surface area contributed by atoms with Crippen molar-refractivity contribution in [2.45, 2.75) is 32.2 Å². The standard InChI is InChI=1S/C16H20N2/c17-9-14-3-1-2-4-15(14)10-18-11-16(12-5-6-12)13-7-8-13/h1-4,12-13,16,18H,5-8,10-11H2. The first kappa shape index (κ1) is 11.7. The minimum Gasteiger partial charge on any atom is -0.312 e. The van der Waals surface area contributed by atoms with Gasteiger partial charge in [0.25, 0.3) is 0 Å². The fourth-order valence-electron chi connectivity index (χ4n) is 2.92. The molecule has 0 heterocycles. The molecule has 94 valence electrons. The zero-order valence-electron chi connectivity index (χ0n) is 10.7.